The zero-order valence-corrected chi connectivity index (χ0v) is 9.49. The summed E-state index contributed by atoms with van der Waals surface area (Å²) in [5, 5.41) is 0. The van der Waals surface area contributed by atoms with Crippen LogP contribution in [0.15, 0.2) is 18.2 Å². The number of hydrogen-bond acceptors (Lipinski definition) is 2. The highest BCUT2D eigenvalue weighted by molar-refractivity contribution is 5.95. The largest absolute Gasteiger partial charge is 0.334 e. The van der Waals surface area contributed by atoms with Crippen molar-refractivity contribution < 1.29 is 13.6 Å². The lowest BCUT2D eigenvalue weighted by molar-refractivity contribution is 0.0732. The van der Waals surface area contributed by atoms with E-state index in [0.717, 1.165) is 12.1 Å². The molecule has 0 saturated carbocycles. The third-order valence-electron chi connectivity index (χ3n) is 3.25. The molecule has 1 saturated heterocycles. The van der Waals surface area contributed by atoms with Crippen LogP contribution in [-0.4, -0.2) is 29.4 Å². The van der Waals surface area contributed by atoms with E-state index in [0.29, 0.717) is 13.0 Å². The molecule has 0 bridgehead atoms. The number of halogens is 2. The Morgan fingerprint density at radius 2 is 2.00 bits per heavy atom. The molecule has 3 nitrogen and oxygen atoms in total. The molecule has 92 valence electrons. The van der Waals surface area contributed by atoms with Crippen LogP contribution in [0, 0.1) is 11.6 Å². The maximum atomic E-state index is 13.5. The smallest absolute Gasteiger partial charge is 0.260 e. The van der Waals surface area contributed by atoms with Crippen molar-refractivity contribution in [1.29, 1.82) is 0 Å². The van der Waals surface area contributed by atoms with Gasteiger partial charge in [0.05, 0.1) is 0 Å². The number of amides is 1. The van der Waals surface area contributed by atoms with Gasteiger partial charge in [0.25, 0.3) is 5.91 Å². The standard InChI is InChI=1S/C12H14F2N2O/c1-7-10(15)5-6-16(7)12(17)11-8(13)3-2-4-9(11)14/h2-4,7,10H,5-6,15H2,1H3. The zero-order chi connectivity index (χ0) is 12.6. The predicted octanol–water partition coefficient (Wildman–Crippen LogP) is 1.53. The first-order valence-corrected chi connectivity index (χ1v) is 5.53. The number of carbonyl (C=O) groups excluding carboxylic acids is 1. The monoisotopic (exact) mass is 240 g/mol. The fourth-order valence-corrected chi connectivity index (χ4v) is 2.10. The van der Waals surface area contributed by atoms with E-state index in [1.54, 1.807) is 6.92 Å². The van der Waals surface area contributed by atoms with Gasteiger partial charge in [-0.25, -0.2) is 8.78 Å². The molecule has 0 radical (unpaired) electrons. The predicted molar refractivity (Wildman–Crippen MR) is 59.4 cm³/mol. The van der Waals surface area contributed by atoms with Crippen molar-refractivity contribution in [3.8, 4) is 0 Å². The lowest BCUT2D eigenvalue weighted by Crippen LogP contribution is -2.41. The first kappa shape index (κ1) is 12.0. The minimum Gasteiger partial charge on any atom is -0.334 e. The fraction of sp³-hybridized carbons (Fsp3) is 0.417. The van der Waals surface area contributed by atoms with Crippen molar-refractivity contribution in [2.75, 3.05) is 6.54 Å². The summed E-state index contributed by atoms with van der Waals surface area (Å²) < 4.78 is 26.9. The summed E-state index contributed by atoms with van der Waals surface area (Å²) in [4.78, 5) is 13.5. The number of hydrogen-bond donors (Lipinski definition) is 1. The second-order valence-corrected chi connectivity index (χ2v) is 4.29. The molecule has 0 aromatic heterocycles. The molecule has 1 amide bonds. The molecule has 2 atom stereocenters. The summed E-state index contributed by atoms with van der Waals surface area (Å²) >= 11 is 0. The molecule has 1 aromatic carbocycles. The topological polar surface area (TPSA) is 46.3 Å². The number of rotatable bonds is 1. The van der Waals surface area contributed by atoms with Gasteiger partial charge in [-0.3, -0.25) is 4.79 Å². The molecule has 2 N–H and O–H groups in total. The van der Waals surface area contributed by atoms with Gasteiger partial charge in [-0.05, 0) is 25.5 Å². The Labute approximate surface area is 98.2 Å². The van der Waals surface area contributed by atoms with Gasteiger partial charge in [-0.2, -0.15) is 0 Å². The van der Waals surface area contributed by atoms with E-state index in [2.05, 4.69) is 0 Å². The van der Waals surface area contributed by atoms with Crippen LogP contribution >= 0.6 is 0 Å². The molecule has 17 heavy (non-hydrogen) atoms. The van der Waals surface area contributed by atoms with Gasteiger partial charge >= 0.3 is 0 Å². The van der Waals surface area contributed by atoms with Crippen molar-refractivity contribution in [3.05, 3.63) is 35.4 Å². The number of likely N-dealkylation sites (tertiary alicyclic amines) is 1. The lowest BCUT2D eigenvalue weighted by Gasteiger charge is -2.23. The summed E-state index contributed by atoms with van der Waals surface area (Å²) in [7, 11) is 0. The molecule has 1 aromatic rings. The van der Waals surface area contributed by atoms with Crippen LogP contribution in [0.2, 0.25) is 0 Å². The van der Waals surface area contributed by atoms with E-state index in [9.17, 15) is 13.6 Å². The van der Waals surface area contributed by atoms with Gasteiger partial charge in [0.15, 0.2) is 0 Å². The molecular weight excluding hydrogens is 226 g/mol. The maximum absolute atomic E-state index is 13.5. The summed E-state index contributed by atoms with van der Waals surface area (Å²) in [6.07, 6.45) is 0.656. The van der Waals surface area contributed by atoms with Gasteiger partial charge in [0, 0.05) is 18.6 Å². The van der Waals surface area contributed by atoms with Crippen LogP contribution in [0.25, 0.3) is 0 Å². The van der Waals surface area contributed by atoms with E-state index >= 15 is 0 Å². The van der Waals surface area contributed by atoms with Crippen LogP contribution < -0.4 is 5.73 Å². The Kier molecular flexibility index (Phi) is 3.11. The summed E-state index contributed by atoms with van der Waals surface area (Å²) in [5.74, 6) is -2.29. The fourth-order valence-electron chi connectivity index (χ4n) is 2.10. The second kappa shape index (κ2) is 4.41. The van der Waals surface area contributed by atoms with E-state index in [4.69, 9.17) is 5.73 Å². The highest BCUT2D eigenvalue weighted by atomic mass is 19.1. The third-order valence-corrected chi connectivity index (χ3v) is 3.25. The highest BCUT2D eigenvalue weighted by Crippen LogP contribution is 2.21. The number of nitrogens with zero attached hydrogens (tertiary/aromatic N) is 1. The molecular formula is C12H14F2N2O. The van der Waals surface area contributed by atoms with Crippen LogP contribution in [0.1, 0.15) is 23.7 Å². The minimum atomic E-state index is -0.831. The minimum absolute atomic E-state index is 0.131. The van der Waals surface area contributed by atoms with Crippen LogP contribution in [0.5, 0.6) is 0 Å². The number of nitrogens with two attached hydrogens (primary N) is 1. The average Bonchev–Trinajstić information content (AvgIpc) is 2.59. The first-order valence-electron chi connectivity index (χ1n) is 5.53. The van der Waals surface area contributed by atoms with Crippen molar-refractivity contribution in [2.45, 2.75) is 25.4 Å². The Balaban J connectivity index is 2.32. The lowest BCUT2D eigenvalue weighted by atomic mass is 10.1. The zero-order valence-electron chi connectivity index (χ0n) is 9.49. The summed E-state index contributed by atoms with van der Waals surface area (Å²) in [6.45, 7) is 2.23. The van der Waals surface area contributed by atoms with Gasteiger partial charge in [0.1, 0.15) is 17.2 Å². The molecule has 5 heteroatoms. The van der Waals surface area contributed by atoms with E-state index in [1.165, 1.54) is 11.0 Å². The second-order valence-electron chi connectivity index (χ2n) is 4.29. The normalized spacial score (nSPS) is 24.1. The highest BCUT2D eigenvalue weighted by Gasteiger charge is 2.34. The quantitative estimate of drug-likeness (QED) is 0.809. The average molecular weight is 240 g/mol. The molecule has 0 spiro atoms. The maximum Gasteiger partial charge on any atom is 0.260 e. The van der Waals surface area contributed by atoms with Crippen molar-refractivity contribution in [1.82, 2.24) is 4.90 Å². The first-order chi connectivity index (χ1) is 8.02. The van der Waals surface area contributed by atoms with Crippen molar-refractivity contribution >= 4 is 5.91 Å². The van der Waals surface area contributed by atoms with Crippen LogP contribution in [0.4, 0.5) is 8.78 Å². The van der Waals surface area contributed by atoms with Crippen LogP contribution in [0.3, 0.4) is 0 Å². The SMILES string of the molecule is CC1C(N)CCN1C(=O)c1c(F)cccc1F. The Morgan fingerprint density at radius 3 is 2.47 bits per heavy atom. The molecule has 1 aliphatic rings. The van der Waals surface area contributed by atoms with E-state index < -0.39 is 23.1 Å². The van der Waals surface area contributed by atoms with Crippen molar-refractivity contribution in [2.24, 2.45) is 5.73 Å². The third kappa shape index (κ3) is 2.02. The van der Waals surface area contributed by atoms with Gasteiger partial charge in [0.2, 0.25) is 0 Å². The Bertz CT molecular complexity index is 430. The molecule has 0 aliphatic carbocycles. The van der Waals surface area contributed by atoms with Crippen molar-refractivity contribution in [3.63, 3.8) is 0 Å². The Hall–Kier alpha value is -1.49. The molecule has 1 heterocycles. The summed E-state index contributed by atoms with van der Waals surface area (Å²) in [6, 6.07) is 3.07. The van der Waals surface area contributed by atoms with E-state index in [1.807, 2.05) is 0 Å². The molecule has 2 unspecified atom stereocenters. The van der Waals surface area contributed by atoms with E-state index in [-0.39, 0.29) is 12.1 Å². The molecule has 1 aliphatic heterocycles. The number of carbonyl (C=O) groups is 1. The van der Waals surface area contributed by atoms with Gasteiger partial charge in [-0.1, -0.05) is 6.07 Å². The van der Waals surface area contributed by atoms with Gasteiger partial charge in [-0.15, -0.1) is 0 Å². The molecule has 1 fully saturated rings. The Morgan fingerprint density at radius 1 is 1.41 bits per heavy atom. The van der Waals surface area contributed by atoms with Crippen LogP contribution in [-0.2, 0) is 0 Å². The molecule has 2 rings (SSSR count). The summed E-state index contributed by atoms with van der Waals surface area (Å²) in [5.41, 5.74) is 5.29. The number of benzene rings is 1. The van der Waals surface area contributed by atoms with Gasteiger partial charge < -0.3 is 10.6 Å².